The van der Waals surface area contributed by atoms with Gasteiger partial charge in [0.15, 0.2) is 0 Å². The number of aliphatic hydroxyl groups is 1. The van der Waals surface area contributed by atoms with Crippen molar-refractivity contribution in [1.82, 2.24) is 4.90 Å². The highest BCUT2D eigenvalue weighted by Crippen LogP contribution is 2.07. The molecule has 12 heavy (non-hydrogen) atoms. The van der Waals surface area contributed by atoms with E-state index in [0.717, 1.165) is 13.0 Å². The Morgan fingerprint density at radius 2 is 1.92 bits per heavy atom. The van der Waals surface area contributed by atoms with Gasteiger partial charge in [0, 0.05) is 13.1 Å². The molecule has 0 aliphatic heterocycles. The summed E-state index contributed by atoms with van der Waals surface area (Å²) in [6.07, 6.45) is 0.926. The molecule has 3 nitrogen and oxygen atoms in total. The molecule has 0 radical (unpaired) electrons. The highest BCUT2D eigenvalue weighted by Gasteiger charge is 2.27. The van der Waals surface area contributed by atoms with E-state index in [2.05, 4.69) is 0 Å². The van der Waals surface area contributed by atoms with Crippen molar-refractivity contribution in [2.75, 3.05) is 13.1 Å². The molecule has 0 rings (SSSR count). The number of carbonyl (C=O) groups is 1. The molecule has 1 amide bonds. The Kier molecular flexibility index (Phi) is 4.24. The lowest BCUT2D eigenvalue weighted by Gasteiger charge is -2.27. The molecular weight excluding hydrogens is 154 g/mol. The van der Waals surface area contributed by atoms with Crippen molar-refractivity contribution < 1.29 is 9.90 Å². The van der Waals surface area contributed by atoms with E-state index < -0.39 is 5.60 Å². The quantitative estimate of drug-likeness (QED) is 0.689. The maximum Gasteiger partial charge on any atom is 0.253 e. The molecule has 72 valence electrons. The summed E-state index contributed by atoms with van der Waals surface area (Å²) in [5.74, 6) is -0.188. The summed E-state index contributed by atoms with van der Waals surface area (Å²) in [5, 5.41) is 9.42. The van der Waals surface area contributed by atoms with E-state index in [1.807, 2.05) is 13.8 Å². The minimum atomic E-state index is -1.23. The van der Waals surface area contributed by atoms with Gasteiger partial charge in [0.05, 0.1) is 0 Å². The van der Waals surface area contributed by atoms with E-state index in [0.29, 0.717) is 6.54 Å². The van der Waals surface area contributed by atoms with Crippen LogP contribution in [0.25, 0.3) is 0 Å². The van der Waals surface area contributed by atoms with Crippen LogP contribution in [0.3, 0.4) is 0 Å². The number of nitrogens with zero attached hydrogens (tertiary/aromatic N) is 1. The number of hydrogen-bond donors (Lipinski definition) is 1. The summed E-state index contributed by atoms with van der Waals surface area (Å²) in [6.45, 7) is 8.36. The van der Waals surface area contributed by atoms with Gasteiger partial charge in [-0.3, -0.25) is 4.79 Å². The fourth-order valence-electron chi connectivity index (χ4n) is 1.06. The zero-order valence-corrected chi connectivity index (χ0v) is 8.42. The maximum atomic E-state index is 11.5. The average Bonchev–Trinajstić information content (AvgIpc) is 1.97. The molecule has 0 aliphatic rings. The fraction of sp³-hybridized carbons (Fsp3) is 0.889. The Labute approximate surface area is 74.4 Å². The number of amides is 1. The zero-order valence-electron chi connectivity index (χ0n) is 8.42. The van der Waals surface area contributed by atoms with Gasteiger partial charge in [0.1, 0.15) is 5.60 Å². The first kappa shape index (κ1) is 11.4. The lowest BCUT2D eigenvalue weighted by Crippen LogP contribution is -2.45. The van der Waals surface area contributed by atoms with E-state index >= 15 is 0 Å². The molecule has 3 heteroatoms. The first-order chi connectivity index (χ1) is 5.43. The van der Waals surface area contributed by atoms with Crippen molar-refractivity contribution in [3.05, 3.63) is 0 Å². The van der Waals surface area contributed by atoms with Gasteiger partial charge in [-0.25, -0.2) is 0 Å². The zero-order chi connectivity index (χ0) is 9.78. The molecular formula is C9H19NO2. The second-order valence-electron chi connectivity index (χ2n) is 3.44. The standard InChI is InChI=1S/C9H19NO2/c1-5-7-10(6-2)8(11)9(3,4)12/h12H,5-7H2,1-4H3. The Morgan fingerprint density at radius 3 is 2.17 bits per heavy atom. The smallest absolute Gasteiger partial charge is 0.253 e. The van der Waals surface area contributed by atoms with Gasteiger partial charge in [0.25, 0.3) is 5.91 Å². The molecule has 0 bridgehead atoms. The average molecular weight is 173 g/mol. The third-order valence-electron chi connectivity index (χ3n) is 1.69. The molecule has 0 unspecified atom stereocenters. The van der Waals surface area contributed by atoms with Crippen molar-refractivity contribution >= 4 is 5.91 Å². The lowest BCUT2D eigenvalue weighted by molar-refractivity contribution is -0.147. The fourth-order valence-corrected chi connectivity index (χ4v) is 1.06. The largest absolute Gasteiger partial charge is 0.381 e. The van der Waals surface area contributed by atoms with Gasteiger partial charge < -0.3 is 10.0 Å². The Balaban J connectivity index is 4.22. The van der Waals surface area contributed by atoms with Crippen molar-refractivity contribution in [3.8, 4) is 0 Å². The minimum Gasteiger partial charge on any atom is -0.381 e. The second-order valence-corrected chi connectivity index (χ2v) is 3.44. The molecule has 0 atom stereocenters. The first-order valence-corrected chi connectivity index (χ1v) is 4.45. The predicted molar refractivity (Wildman–Crippen MR) is 48.8 cm³/mol. The second kappa shape index (κ2) is 4.45. The van der Waals surface area contributed by atoms with Crippen LogP contribution in [-0.2, 0) is 4.79 Å². The van der Waals surface area contributed by atoms with Crippen LogP contribution in [0.15, 0.2) is 0 Å². The molecule has 0 aliphatic carbocycles. The van der Waals surface area contributed by atoms with Gasteiger partial charge in [-0.05, 0) is 27.2 Å². The van der Waals surface area contributed by atoms with Crippen molar-refractivity contribution in [2.45, 2.75) is 39.7 Å². The number of rotatable bonds is 4. The number of carbonyl (C=O) groups excluding carboxylic acids is 1. The highest BCUT2D eigenvalue weighted by molar-refractivity contribution is 5.83. The molecule has 0 aromatic heterocycles. The molecule has 1 N–H and O–H groups in total. The Bertz CT molecular complexity index is 149. The van der Waals surface area contributed by atoms with Crippen LogP contribution in [0.1, 0.15) is 34.1 Å². The van der Waals surface area contributed by atoms with E-state index in [1.165, 1.54) is 13.8 Å². The molecule has 0 fully saturated rings. The van der Waals surface area contributed by atoms with Crippen molar-refractivity contribution in [3.63, 3.8) is 0 Å². The van der Waals surface area contributed by atoms with Gasteiger partial charge in [0.2, 0.25) is 0 Å². The van der Waals surface area contributed by atoms with Crippen LogP contribution in [0.4, 0.5) is 0 Å². The predicted octanol–water partition coefficient (Wildman–Crippen LogP) is 1.02. The van der Waals surface area contributed by atoms with Crippen LogP contribution in [0.2, 0.25) is 0 Å². The summed E-state index contributed by atoms with van der Waals surface area (Å²) < 4.78 is 0. The monoisotopic (exact) mass is 173 g/mol. The number of likely N-dealkylation sites (N-methyl/N-ethyl adjacent to an activating group) is 1. The van der Waals surface area contributed by atoms with Crippen LogP contribution < -0.4 is 0 Å². The van der Waals surface area contributed by atoms with E-state index in [1.54, 1.807) is 4.90 Å². The third-order valence-corrected chi connectivity index (χ3v) is 1.69. The molecule has 0 aromatic carbocycles. The van der Waals surface area contributed by atoms with Crippen molar-refractivity contribution in [2.24, 2.45) is 0 Å². The molecule has 0 saturated heterocycles. The molecule has 0 saturated carbocycles. The van der Waals surface area contributed by atoms with Gasteiger partial charge >= 0.3 is 0 Å². The Morgan fingerprint density at radius 1 is 1.42 bits per heavy atom. The van der Waals surface area contributed by atoms with E-state index in [4.69, 9.17) is 0 Å². The maximum absolute atomic E-state index is 11.5. The Hall–Kier alpha value is -0.570. The third kappa shape index (κ3) is 3.22. The SMILES string of the molecule is CCCN(CC)C(=O)C(C)(C)O. The topological polar surface area (TPSA) is 40.5 Å². The summed E-state index contributed by atoms with van der Waals surface area (Å²) in [4.78, 5) is 13.1. The van der Waals surface area contributed by atoms with Crippen LogP contribution in [0.5, 0.6) is 0 Å². The molecule has 0 aromatic rings. The van der Waals surface area contributed by atoms with Crippen LogP contribution in [-0.4, -0.2) is 34.6 Å². The summed E-state index contributed by atoms with van der Waals surface area (Å²) in [6, 6.07) is 0. The number of hydrogen-bond acceptors (Lipinski definition) is 2. The van der Waals surface area contributed by atoms with Gasteiger partial charge in [-0.1, -0.05) is 6.92 Å². The molecule has 0 spiro atoms. The molecule has 0 heterocycles. The summed E-state index contributed by atoms with van der Waals surface area (Å²) in [5.41, 5.74) is -1.23. The van der Waals surface area contributed by atoms with E-state index in [-0.39, 0.29) is 5.91 Å². The van der Waals surface area contributed by atoms with Gasteiger partial charge in [-0.2, -0.15) is 0 Å². The van der Waals surface area contributed by atoms with Crippen LogP contribution >= 0.6 is 0 Å². The minimum absolute atomic E-state index is 0.188. The lowest BCUT2D eigenvalue weighted by atomic mass is 10.1. The van der Waals surface area contributed by atoms with Gasteiger partial charge in [-0.15, -0.1) is 0 Å². The first-order valence-electron chi connectivity index (χ1n) is 4.45. The van der Waals surface area contributed by atoms with E-state index in [9.17, 15) is 9.90 Å². The summed E-state index contributed by atoms with van der Waals surface area (Å²) in [7, 11) is 0. The highest BCUT2D eigenvalue weighted by atomic mass is 16.3. The summed E-state index contributed by atoms with van der Waals surface area (Å²) >= 11 is 0. The normalized spacial score (nSPS) is 11.4. The van der Waals surface area contributed by atoms with Crippen LogP contribution in [0, 0.1) is 0 Å². The van der Waals surface area contributed by atoms with Crippen molar-refractivity contribution in [1.29, 1.82) is 0 Å².